The van der Waals surface area contributed by atoms with Crippen molar-refractivity contribution < 1.29 is 4.74 Å². The molecule has 0 aliphatic heterocycles. The standard InChI is InChI=1S/C13H22N2O/c1-2-14-9-5-3-4-6-11-16-13-8-7-10-15-12-13/h7-8,10,12,14H,2-6,9,11H2,1H3. The molecule has 1 heterocycles. The van der Waals surface area contributed by atoms with Crippen LogP contribution in [0.15, 0.2) is 24.5 Å². The number of aromatic nitrogens is 1. The van der Waals surface area contributed by atoms with Crippen LogP contribution >= 0.6 is 0 Å². The van der Waals surface area contributed by atoms with Gasteiger partial charge in [-0.25, -0.2) is 0 Å². The van der Waals surface area contributed by atoms with Gasteiger partial charge in [0.25, 0.3) is 0 Å². The molecule has 0 spiro atoms. The smallest absolute Gasteiger partial charge is 0.137 e. The highest BCUT2D eigenvalue weighted by molar-refractivity contribution is 5.15. The fourth-order valence-electron chi connectivity index (χ4n) is 1.50. The Morgan fingerprint density at radius 1 is 1.25 bits per heavy atom. The van der Waals surface area contributed by atoms with Gasteiger partial charge in [-0.15, -0.1) is 0 Å². The van der Waals surface area contributed by atoms with E-state index in [4.69, 9.17) is 4.74 Å². The zero-order valence-electron chi connectivity index (χ0n) is 10.1. The Morgan fingerprint density at radius 3 is 2.88 bits per heavy atom. The van der Waals surface area contributed by atoms with Crippen LogP contribution in [0.1, 0.15) is 32.6 Å². The van der Waals surface area contributed by atoms with E-state index in [1.54, 1.807) is 12.4 Å². The van der Waals surface area contributed by atoms with Crippen molar-refractivity contribution in [2.24, 2.45) is 0 Å². The Morgan fingerprint density at radius 2 is 2.12 bits per heavy atom. The van der Waals surface area contributed by atoms with Crippen molar-refractivity contribution in [1.29, 1.82) is 0 Å². The molecule has 0 atom stereocenters. The van der Waals surface area contributed by atoms with Crippen molar-refractivity contribution in [3.8, 4) is 5.75 Å². The first-order chi connectivity index (χ1) is 7.93. The molecular weight excluding hydrogens is 200 g/mol. The van der Waals surface area contributed by atoms with Gasteiger partial charge in [0.1, 0.15) is 5.75 Å². The van der Waals surface area contributed by atoms with Gasteiger partial charge in [0, 0.05) is 6.20 Å². The number of nitrogens with one attached hydrogen (secondary N) is 1. The highest BCUT2D eigenvalue weighted by atomic mass is 16.5. The fourth-order valence-corrected chi connectivity index (χ4v) is 1.50. The summed E-state index contributed by atoms with van der Waals surface area (Å²) in [6, 6.07) is 3.84. The first kappa shape index (κ1) is 13.0. The summed E-state index contributed by atoms with van der Waals surface area (Å²) in [6.07, 6.45) is 8.43. The van der Waals surface area contributed by atoms with Gasteiger partial charge in [-0.2, -0.15) is 0 Å². The highest BCUT2D eigenvalue weighted by Gasteiger charge is 1.93. The van der Waals surface area contributed by atoms with Gasteiger partial charge in [0.15, 0.2) is 0 Å². The van der Waals surface area contributed by atoms with Crippen molar-refractivity contribution in [2.75, 3.05) is 19.7 Å². The van der Waals surface area contributed by atoms with Gasteiger partial charge in [-0.3, -0.25) is 4.98 Å². The monoisotopic (exact) mass is 222 g/mol. The number of unbranched alkanes of at least 4 members (excludes halogenated alkanes) is 3. The van der Waals surface area contributed by atoms with E-state index in [9.17, 15) is 0 Å². The van der Waals surface area contributed by atoms with Crippen LogP contribution in [0, 0.1) is 0 Å². The third-order valence-electron chi connectivity index (χ3n) is 2.40. The number of ether oxygens (including phenoxy) is 1. The molecule has 3 heteroatoms. The van der Waals surface area contributed by atoms with Gasteiger partial charge in [0.05, 0.1) is 12.8 Å². The molecule has 1 aromatic heterocycles. The third kappa shape index (κ3) is 6.40. The van der Waals surface area contributed by atoms with Gasteiger partial charge < -0.3 is 10.1 Å². The zero-order valence-corrected chi connectivity index (χ0v) is 10.1. The normalized spacial score (nSPS) is 10.3. The van der Waals surface area contributed by atoms with Crippen molar-refractivity contribution in [3.05, 3.63) is 24.5 Å². The van der Waals surface area contributed by atoms with E-state index in [0.29, 0.717) is 0 Å². The Labute approximate surface area is 98.2 Å². The second kappa shape index (κ2) is 9.16. The minimum atomic E-state index is 0.799. The molecule has 0 bridgehead atoms. The summed E-state index contributed by atoms with van der Waals surface area (Å²) in [7, 11) is 0. The maximum atomic E-state index is 5.56. The van der Waals surface area contributed by atoms with Crippen molar-refractivity contribution in [2.45, 2.75) is 32.6 Å². The van der Waals surface area contributed by atoms with Gasteiger partial charge in [-0.05, 0) is 38.1 Å². The van der Waals surface area contributed by atoms with Crippen LogP contribution < -0.4 is 10.1 Å². The molecule has 0 fully saturated rings. The quantitative estimate of drug-likeness (QED) is 0.652. The molecule has 16 heavy (non-hydrogen) atoms. The predicted octanol–water partition coefficient (Wildman–Crippen LogP) is 2.63. The largest absolute Gasteiger partial charge is 0.492 e. The number of nitrogens with zero attached hydrogens (tertiary/aromatic N) is 1. The highest BCUT2D eigenvalue weighted by Crippen LogP contribution is 2.07. The van der Waals surface area contributed by atoms with Gasteiger partial charge >= 0.3 is 0 Å². The first-order valence-corrected chi connectivity index (χ1v) is 6.17. The van der Waals surface area contributed by atoms with Crippen molar-refractivity contribution in [3.63, 3.8) is 0 Å². The van der Waals surface area contributed by atoms with Crippen molar-refractivity contribution in [1.82, 2.24) is 10.3 Å². The average molecular weight is 222 g/mol. The van der Waals surface area contributed by atoms with E-state index < -0.39 is 0 Å². The molecular formula is C13H22N2O. The topological polar surface area (TPSA) is 34.1 Å². The molecule has 1 N–H and O–H groups in total. The minimum Gasteiger partial charge on any atom is -0.492 e. The van der Waals surface area contributed by atoms with Crippen LogP contribution in [0.2, 0.25) is 0 Å². The van der Waals surface area contributed by atoms with Gasteiger partial charge in [0.2, 0.25) is 0 Å². The fraction of sp³-hybridized carbons (Fsp3) is 0.615. The Bertz CT molecular complexity index is 251. The Kier molecular flexibility index (Phi) is 7.43. The Balaban J connectivity index is 1.89. The molecule has 3 nitrogen and oxygen atoms in total. The lowest BCUT2D eigenvalue weighted by atomic mass is 10.2. The van der Waals surface area contributed by atoms with E-state index in [2.05, 4.69) is 17.2 Å². The SMILES string of the molecule is CCNCCCCCCOc1cccnc1. The van der Waals surface area contributed by atoms with Crippen LogP contribution in [0.25, 0.3) is 0 Å². The Hall–Kier alpha value is -1.09. The van der Waals surface area contributed by atoms with Crippen LogP contribution in [0.3, 0.4) is 0 Å². The van der Waals surface area contributed by atoms with Crippen LogP contribution in [0.5, 0.6) is 5.75 Å². The number of pyridine rings is 1. The van der Waals surface area contributed by atoms with E-state index in [0.717, 1.165) is 31.9 Å². The lowest BCUT2D eigenvalue weighted by Gasteiger charge is -2.05. The molecule has 0 unspecified atom stereocenters. The van der Waals surface area contributed by atoms with E-state index in [-0.39, 0.29) is 0 Å². The van der Waals surface area contributed by atoms with Crippen LogP contribution in [0.4, 0.5) is 0 Å². The summed E-state index contributed by atoms with van der Waals surface area (Å²) in [4.78, 5) is 4.00. The molecule has 90 valence electrons. The summed E-state index contributed by atoms with van der Waals surface area (Å²) >= 11 is 0. The number of hydrogen-bond acceptors (Lipinski definition) is 3. The lowest BCUT2D eigenvalue weighted by molar-refractivity contribution is 0.303. The molecule has 0 saturated heterocycles. The molecule has 0 amide bonds. The molecule has 1 aromatic rings. The summed E-state index contributed by atoms with van der Waals surface area (Å²) < 4.78 is 5.56. The van der Waals surface area contributed by atoms with E-state index in [1.807, 2.05) is 12.1 Å². The zero-order chi connectivity index (χ0) is 11.5. The predicted molar refractivity (Wildman–Crippen MR) is 66.7 cm³/mol. The summed E-state index contributed by atoms with van der Waals surface area (Å²) in [5.74, 6) is 0.871. The van der Waals surface area contributed by atoms with E-state index >= 15 is 0 Å². The van der Waals surface area contributed by atoms with Gasteiger partial charge in [-0.1, -0.05) is 19.8 Å². The molecule has 0 aliphatic carbocycles. The molecule has 0 radical (unpaired) electrons. The maximum absolute atomic E-state index is 5.56. The number of rotatable bonds is 9. The third-order valence-corrected chi connectivity index (χ3v) is 2.40. The summed E-state index contributed by atoms with van der Waals surface area (Å²) in [5, 5.41) is 3.33. The first-order valence-electron chi connectivity index (χ1n) is 6.17. The molecule has 0 aliphatic rings. The summed E-state index contributed by atoms with van der Waals surface area (Å²) in [6.45, 7) is 5.15. The van der Waals surface area contributed by atoms with Crippen molar-refractivity contribution >= 4 is 0 Å². The molecule has 1 rings (SSSR count). The minimum absolute atomic E-state index is 0.799. The van der Waals surface area contributed by atoms with Crippen LogP contribution in [-0.2, 0) is 0 Å². The van der Waals surface area contributed by atoms with Crippen LogP contribution in [-0.4, -0.2) is 24.7 Å². The average Bonchev–Trinajstić information content (AvgIpc) is 2.34. The molecule has 0 saturated carbocycles. The second-order valence-corrected chi connectivity index (χ2v) is 3.80. The maximum Gasteiger partial charge on any atom is 0.137 e. The molecule has 0 aromatic carbocycles. The van der Waals surface area contributed by atoms with E-state index in [1.165, 1.54) is 19.3 Å². The second-order valence-electron chi connectivity index (χ2n) is 3.80. The number of hydrogen-bond donors (Lipinski definition) is 1. The summed E-state index contributed by atoms with van der Waals surface area (Å²) in [5.41, 5.74) is 0. The lowest BCUT2D eigenvalue weighted by Crippen LogP contribution is -2.13.